The van der Waals surface area contributed by atoms with Crippen LogP contribution in [0.25, 0.3) is 6.08 Å². The standard InChI is InChI=1S/C11H7F3N2O/c12-11(13,14)10(17)16-9-6-2-1-4-8(9)5-3-7-15/h1-6H,(H,16,17)/b5-3+. The smallest absolute Gasteiger partial charge is 0.318 e. The molecule has 88 valence electrons. The summed E-state index contributed by atoms with van der Waals surface area (Å²) in [7, 11) is 0. The van der Waals surface area contributed by atoms with Gasteiger partial charge in [0.1, 0.15) is 0 Å². The Balaban J connectivity index is 2.96. The maximum atomic E-state index is 12.0. The van der Waals surface area contributed by atoms with Crippen molar-refractivity contribution in [2.24, 2.45) is 0 Å². The largest absolute Gasteiger partial charge is 0.471 e. The van der Waals surface area contributed by atoms with Gasteiger partial charge in [0, 0.05) is 11.8 Å². The molecule has 1 aromatic rings. The number of benzene rings is 1. The lowest BCUT2D eigenvalue weighted by atomic mass is 10.1. The molecular weight excluding hydrogens is 233 g/mol. The third kappa shape index (κ3) is 3.65. The predicted octanol–water partition coefficient (Wildman–Crippen LogP) is 2.72. The van der Waals surface area contributed by atoms with E-state index in [0.29, 0.717) is 5.56 Å². The molecule has 1 amide bonds. The van der Waals surface area contributed by atoms with Gasteiger partial charge in [0.15, 0.2) is 0 Å². The number of carbonyl (C=O) groups excluding carboxylic acids is 1. The van der Waals surface area contributed by atoms with E-state index in [1.807, 2.05) is 0 Å². The van der Waals surface area contributed by atoms with E-state index in [0.717, 1.165) is 6.08 Å². The molecule has 17 heavy (non-hydrogen) atoms. The van der Waals surface area contributed by atoms with Gasteiger partial charge in [0.2, 0.25) is 0 Å². The Hall–Kier alpha value is -2.29. The molecule has 0 aromatic heterocycles. The quantitative estimate of drug-likeness (QED) is 0.808. The van der Waals surface area contributed by atoms with Crippen LogP contribution in [-0.2, 0) is 4.79 Å². The Bertz CT molecular complexity index is 486. The zero-order valence-corrected chi connectivity index (χ0v) is 8.45. The lowest BCUT2D eigenvalue weighted by Crippen LogP contribution is -2.30. The lowest BCUT2D eigenvalue weighted by Gasteiger charge is -2.09. The fraction of sp³-hybridized carbons (Fsp3) is 0.0909. The fourth-order valence-electron chi connectivity index (χ4n) is 1.08. The van der Waals surface area contributed by atoms with Gasteiger partial charge in [0.05, 0.1) is 6.07 Å². The van der Waals surface area contributed by atoms with E-state index in [1.165, 1.54) is 24.3 Å². The summed E-state index contributed by atoms with van der Waals surface area (Å²) in [5, 5.41) is 10.1. The van der Waals surface area contributed by atoms with Crippen molar-refractivity contribution in [2.45, 2.75) is 6.18 Å². The van der Waals surface area contributed by atoms with E-state index in [2.05, 4.69) is 0 Å². The highest BCUT2D eigenvalue weighted by Crippen LogP contribution is 2.21. The highest BCUT2D eigenvalue weighted by atomic mass is 19.4. The number of alkyl halides is 3. The summed E-state index contributed by atoms with van der Waals surface area (Å²) in [6, 6.07) is 7.58. The van der Waals surface area contributed by atoms with Crippen molar-refractivity contribution in [1.29, 1.82) is 5.26 Å². The average Bonchev–Trinajstić information content (AvgIpc) is 2.26. The number of para-hydroxylation sites is 1. The van der Waals surface area contributed by atoms with Crippen LogP contribution in [0, 0.1) is 11.3 Å². The summed E-state index contributed by atoms with van der Waals surface area (Å²) in [5.41, 5.74) is 0.327. The highest BCUT2D eigenvalue weighted by molar-refractivity contribution is 5.96. The van der Waals surface area contributed by atoms with E-state index in [4.69, 9.17) is 5.26 Å². The molecule has 3 nitrogen and oxygen atoms in total. The maximum Gasteiger partial charge on any atom is 0.471 e. The van der Waals surface area contributed by atoms with Crippen LogP contribution in [0.5, 0.6) is 0 Å². The van der Waals surface area contributed by atoms with Crippen LogP contribution in [0.15, 0.2) is 30.3 Å². The van der Waals surface area contributed by atoms with Crippen LogP contribution in [0.4, 0.5) is 18.9 Å². The number of allylic oxidation sites excluding steroid dienone is 1. The molecule has 0 aliphatic heterocycles. The molecule has 0 bridgehead atoms. The number of carbonyl (C=O) groups is 1. The number of nitrogens with one attached hydrogen (secondary N) is 1. The first-order chi connectivity index (χ1) is 7.95. The van der Waals surface area contributed by atoms with Gasteiger partial charge in [-0.3, -0.25) is 4.79 Å². The van der Waals surface area contributed by atoms with Crippen molar-refractivity contribution in [3.05, 3.63) is 35.9 Å². The average molecular weight is 240 g/mol. The van der Waals surface area contributed by atoms with E-state index in [-0.39, 0.29) is 5.69 Å². The summed E-state index contributed by atoms with van der Waals surface area (Å²) in [6.45, 7) is 0. The highest BCUT2D eigenvalue weighted by Gasteiger charge is 2.38. The lowest BCUT2D eigenvalue weighted by molar-refractivity contribution is -0.167. The predicted molar refractivity (Wildman–Crippen MR) is 55.8 cm³/mol. The summed E-state index contributed by atoms with van der Waals surface area (Å²) in [6.07, 6.45) is -2.52. The van der Waals surface area contributed by atoms with Crippen LogP contribution in [0.3, 0.4) is 0 Å². The molecule has 1 aromatic carbocycles. The number of anilines is 1. The number of nitrogens with zero attached hydrogens (tertiary/aromatic N) is 1. The van der Waals surface area contributed by atoms with Gasteiger partial charge in [-0.05, 0) is 17.7 Å². The molecule has 0 radical (unpaired) electrons. The second-order valence-electron chi connectivity index (χ2n) is 3.00. The zero-order chi connectivity index (χ0) is 12.9. The molecular formula is C11H7F3N2O. The Labute approximate surface area is 95.2 Å². The van der Waals surface area contributed by atoms with Crippen molar-refractivity contribution in [1.82, 2.24) is 0 Å². The second kappa shape index (κ2) is 5.16. The molecule has 1 rings (SSSR count). The van der Waals surface area contributed by atoms with Crippen LogP contribution in [0.1, 0.15) is 5.56 Å². The minimum Gasteiger partial charge on any atom is -0.318 e. The topological polar surface area (TPSA) is 52.9 Å². The van der Waals surface area contributed by atoms with Crippen LogP contribution in [-0.4, -0.2) is 12.1 Å². The van der Waals surface area contributed by atoms with Gasteiger partial charge in [0.25, 0.3) is 0 Å². The first-order valence-electron chi connectivity index (χ1n) is 4.48. The van der Waals surface area contributed by atoms with Crippen molar-refractivity contribution in [2.75, 3.05) is 5.32 Å². The van der Waals surface area contributed by atoms with Crippen LogP contribution < -0.4 is 5.32 Å². The minimum atomic E-state index is -4.94. The Morgan fingerprint density at radius 2 is 2.00 bits per heavy atom. The van der Waals surface area contributed by atoms with Gasteiger partial charge in [-0.2, -0.15) is 18.4 Å². The Morgan fingerprint density at radius 3 is 2.59 bits per heavy atom. The SMILES string of the molecule is N#C/C=C/c1ccccc1NC(=O)C(F)(F)F. The zero-order valence-electron chi connectivity index (χ0n) is 8.45. The summed E-state index contributed by atoms with van der Waals surface area (Å²) >= 11 is 0. The molecule has 0 heterocycles. The van der Waals surface area contributed by atoms with Crippen molar-refractivity contribution in [3.8, 4) is 6.07 Å². The number of amides is 1. The summed E-state index contributed by atoms with van der Waals surface area (Å²) < 4.78 is 36.1. The molecule has 0 atom stereocenters. The molecule has 0 aliphatic rings. The molecule has 0 spiro atoms. The normalized spacial score (nSPS) is 11.2. The van der Waals surface area contributed by atoms with Crippen molar-refractivity contribution < 1.29 is 18.0 Å². The number of halogens is 3. The molecule has 0 saturated heterocycles. The Kier molecular flexibility index (Phi) is 3.88. The molecule has 6 heteroatoms. The van der Waals surface area contributed by atoms with Crippen molar-refractivity contribution >= 4 is 17.7 Å². The van der Waals surface area contributed by atoms with Gasteiger partial charge < -0.3 is 5.32 Å². The summed E-state index contributed by atoms with van der Waals surface area (Å²) in [5.74, 6) is -2.05. The molecule has 1 N–H and O–H groups in total. The summed E-state index contributed by atoms with van der Waals surface area (Å²) in [4.78, 5) is 10.7. The van der Waals surface area contributed by atoms with Gasteiger partial charge in [-0.15, -0.1) is 0 Å². The number of nitriles is 1. The first kappa shape index (κ1) is 12.8. The van der Waals surface area contributed by atoms with E-state index in [9.17, 15) is 18.0 Å². The monoisotopic (exact) mass is 240 g/mol. The number of hydrogen-bond donors (Lipinski definition) is 1. The first-order valence-corrected chi connectivity index (χ1v) is 4.48. The molecule has 0 fully saturated rings. The molecule has 0 unspecified atom stereocenters. The van der Waals surface area contributed by atoms with E-state index >= 15 is 0 Å². The van der Waals surface area contributed by atoms with E-state index < -0.39 is 12.1 Å². The van der Waals surface area contributed by atoms with Crippen LogP contribution in [0.2, 0.25) is 0 Å². The molecule has 0 aliphatic carbocycles. The van der Waals surface area contributed by atoms with E-state index in [1.54, 1.807) is 17.5 Å². The third-order valence-electron chi connectivity index (χ3n) is 1.80. The van der Waals surface area contributed by atoms with Gasteiger partial charge in [-0.1, -0.05) is 18.2 Å². The van der Waals surface area contributed by atoms with Crippen molar-refractivity contribution in [3.63, 3.8) is 0 Å². The van der Waals surface area contributed by atoms with Gasteiger partial charge >= 0.3 is 12.1 Å². The Morgan fingerprint density at radius 1 is 1.35 bits per heavy atom. The number of hydrogen-bond acceptors (Lipinski definition) is 2. The maximum absolute atomic E-state index is 12.0. The fourth-order valence-corrected chi connectivity index (χ4v) is 1.08. The molecule has 0 saturated carbocycles. The minimum absolute atomic E-state index is 0.00123. The number of rotatable bonds is 2. The third-order valence-corrected chi connectivity index (χ3v) is 1.80. The van der Waals surface area contributed by atoms with Crippen LogP contribution >= 0.6 is 0 Å². The second-order valence-corrected chi connectivity index (χ2v) is 3.00. The van der Waals surface area contributed by atoms with Gasteiger partial charge in [-0.25, -0.2) is 0 Å².